The lowest BCUT2D eigenvalue weighted by Gasteiger charge is -2.30. The molecule has 0 radical (unpaired) electrons. The Balaban J connectivity index is 2.34. The fraction of sp³-hybridized carbons (Fsp3) is 0.176. The highest BCUT2D eigenvalue weighted by atomic mass is 16.4. The second kappa shape index (κ2) is 6.41. The summed E-state index contributed by atoms with van der Waals surface area (Å²) in [6.07, 6.45) is 0. The molecule has 0 saturated carbocycles. The molecule has 0 aromatic heterocycles. The number of amides is 1. The van der Waals surface area contributed by atoms with Crippen molar-refractivity contribution in [1.29, 1.82) is 0 Å². The van der Waals surface area contributed by atoms with E-state index in [9.17, 15) is 19.8 Å². The van der Waals surface area contributed by atoms with E-state index in [0.717, 1.165) is 6.92 Å². The van der Waals surface area contributed by atoms with E-state index < -0.39 is 23.5 Å². The molecular formula is C17H17NO4. The zero-order chi connectivity index (χ0) is 16.2. The highest BCUT2D eigenvalue weighted by Crippen LogP contribution is 2.26. The Morgan fingerprint density at radius 1 is 1.00 bits per heavy atom. The number of carboxylic acids is 1. The molecule has 1 amide bonds. The number of carbonyl (C=O) groups excluding carboxylic acids is 1. The van der Waals surface area contributed by atoms with E-state index in [4.69, 9.17) is 0 Å². The first-order valence-corrected chi connectivity index (χ1v) is 6.79. The molecule has 2 rings (SSSR count). The molecule has 2 atom stereocenters. The summed E-state index contributed by atoms with van der Waals surface area (Å²) in [5.74, 6) is -1.86. The number of rotatable bonds is 5. The van der Waals surface area contributed by atoms with Crippen LogP contribution >= 0.6 is 0 Å². The summed E-state index contributed by atoms with van der Waals surface area (Å²) in [5, 5.41) is 22.1. The third kappa shape index (κ3) is 3.32. The van der Waals surface area contributed by atoms with Gasteiger partial charge < -0.3 is 15.5 Å². The summed E-state index contributed by atoms with van der Waals surface area (Å²) < 4.78 is 0. The maximum Gasteiger partial charge on any atom is 0.337 e. The van der Waals surface area contributed by atoms with Crippen LogP contribution in [-0.2, 0) is 4.79 Å². The molecule has 0 aliphatic heterocycles. The lowest BCUT2D eigenvalue weighted by Crippen LogP contribution is -2.49. The van der Waals surface area contributed by atoms with Crippen molar-refractivity contribution in [3.05, 3.63) is 71.8 Å². The van der Waals surface area contributed by atoms with Crippen LogP contribution in [0.5, 0.6) is 0 Å². The second-order valence-electron chi connectivity index (χ2n) is 5.14. The molecule has 0 heterocycles. The maximum atomic E-state index is 12.3. The van der Waals surface area contributed by atoms with Gasteiger partial charge in [0.05, 0.1) is 6.04 Å². The molecule has 2 aromatic carbocycles. The number of aliphatic carboxylic acids is 1. The zero-order valence-corrected chi connectivity index (χ0v) is 12.1. The van der Waals surface area contributed by atoms with Gasteiger partial charge in [0.25, 0.3) is 5.91 Å². The topological polar surface area (TPSA) is 86.6 Å². The van der Waals surface area contributed by atoms with E-state index in [1.54, 1.807) is 60.7 Å². The SMILES string of the molecule is CC(O)(C(=O)O)C(NC(=O)c1ccccc1)c1ccccc1. The average molecular weight is 299 g/mol. The molecule has 114 valence electrons. The maximum absolute atomic E-state index is 12.3. The van der Waals surface area contributed by atoms with E-state index in [1.807, 2.05) is 0 Å². The van der Waals surface area contributed by atoms with Crippen LogP contribution in [0.25, 0.3) is 0 Å². The predicted molar refractivity (Wildman–Crippen MR) is 81.4 cm³/mol. The van der Waals surface area contributed by atoms with Crippen LogP contribution in [0.15, 0.2) is 60.7 Å². The molecule has 0 bridgehead atoms. The minimum absolute atomic E-state index is 0.393. The quantitative estimate of drug-likeness (QED) is 0.788. The van der Waals surface area contributed by atoms with E-state index in [0.29, 0.717) is 11.1 Å². The van der Waals surface area contributed by atoms with Gasteiger partial charge in [0.1, 0.15) is 0 Å². The molecule has 2 aromatic rings. The standard InChI is InChI=1S/C17H17NO4/c1-17(22,16(20)21)14(12-8-4-2-5-9-12)18-15(19)13-10-6-3-7-11-13/h2-11,14,22H,1H3,(H,18,19)(H,20,21). The zero-order valence-electron chi connectivity index (χ0n) is 12.1. The molecule has 22 heavy (non-hydrogen) atoms. The second-order valence-corrected chi connectivity index (χ2v) is 5.14. The smallest absolute Gasteiger partial charge is 0.337 e. The summed E-state index contributed by atoms with van der Waals surface area (Å²) in [6.45, 7) is 1.16. The third-order valence-electron chi connectivity index (χ3n) is 3.44. The fourth-order valence-corrected chi connectivity index (χ4v) is 2.12. The molecule has 2 unspecified atom stereocenters. The van der Waals surface area contributed by atoms with E-state index in [2.05, 4.69) is 5.32 Å². The van der Waals surface area contributed by atoms with E-state index in [1.165, 1.54) is 0 Å². The molecule has 0 fully saturated rings. The summed E-state index contributed by atoms with van der Waals surface area (Å²) in [6, 6.07) is 15.9. The van der Waals surface area contributed by atoms with E-state index >= 15 is 0 Å². The van der Waals surface area contributed by atoms with Gasteiger partial charge in [0.2, 0.25) is 0 Å². The summed E-state index contributed by atoms with van der Waals surface area (Å²) >= 11 is 0. The first kappa shape index (κ1) is 15.7. The number of carboxylic acid groups (broad SMARTS) is 1. The van der Waals surface area contributed by atoms with Gasteiger partial charge in [-0.2, -0.15) is 0 Å². The van der Waals surface area contributed by atoms with Crippen molar-refractivity contribution in [2.75, 3.05) is 0 Å². The van der Waals surface area contributed by atoms with Crippen molar-refractivity contribution in [2.45, 2.75) is 18.6 Å². The Bertz CT molecular complexity index is 653. The number of carbonyl (C=O) groups is 2. The van der Waals surface area contributed by atoms with Crippen molar-refractivity contribution in [3.63, 3.8) is 0 Å². The fourth-order valence-electron chi connectivity index (χ4n) is 2.12. The minimum Gasteiger partial charge on any atom is -0.479 e. The van der Waals surface area contributed by atoms with Crippen LogP contribution in [0, 0.1) is 0 Å². The van der Waals surface area contributed by atoms with Crippen LogP contribution < -0.4 is 5.32 Å². The number of aliphatic hydroxyl groups is 1. The molecule has 3 N–H and O–H groups in total. The number of hydrogen-bond donors (Lipinski definition) is 3. The Kier molecular flexibility index (Phi) is 4.58. The minimum atomic E-state index is -2.13. The normalized spacial score (nSPS) is 14.6. The molecule has 0 aliphatic carbocycles. The molecule has 5 nitrogen and oxygen atoms in total. The van der Waals surface area contributed by atoms with Gasteiger partial charge in [-0.1, -0.05) is 48.5 Å². The van der Waals surface area contributed by atoms with Gasteiger partial charge in [-0.15, -0.1) is 0 Å². The van der Waals surface area contributed by atoms with Gasteiger partial charge in [0.15, 0.2) is 5.60 Å². The van der Waals surface area contributed by atoms with Crippen molar-refractivity contribution >= 4 is 11.9 Å². The Labute approximate surface area is 128 Å². The van der Waals surface area contributed by atoms with E-state index in [-0.39, 0.29) is 0 Å². The molecule has 0 spiro atoms. The number of hydrogen-bond acceptors (Lipinski definition) is 3. The van der Waals surface area contributed by atoms with Crippen LogP contribution in [-0.4, -0.2) is 27.7 Å². The summed E-state index contributed by atoms with van der Waals surface area (Å²) in [7, 11) is 0. The molecule has 0 aliphatic rings. The highest BCUT2D eigenvalue weighted by Gasteiger charge is 2.41. The van der Waals surface area contributed by atoms with Gasteiger partial charge >= 0.3 is 5.97 Å². The molecule has 0 saturated heterocycles. The van der Waals surface area contributed by atoms with Crippen LogP contribution in [0.3, 0.4) is 0 Å². The van der Waals surface area contributed by atoms with Crippen LogP contribution in [0.2, 0.25) is 0 Å². The van der Waals surface area contributed by atoms with Crippen molar-refractivity contribution in [1.82, 2.24) is 5.32 Å². The highest BCUT2D eigenvalue weighted by molar-refractivity contribution is 5.95. The van der Waals surface area contributed by atoms with Gasteiger partial charge in [-0.25, -0.2) is 4.79 Å². The van der Waals surface area contributed by atoms with Gasteiger partial charge in [-0.3, -0.25) is 4.79 Å². The van der Waals surface area contributed by atoms with Crippen molar-refractivity contribution < 1.29 is 19.8 Å². The van der Waals surface area contributed by atoms with Crippen LogP contribution in [0.4, 0.5) is 0 Å². The number of benzene rings is 2. The van der Waals surface area contributed by atoms with Gasteiger partial charge in [0, 0.05) is 5.56 Å². The van der Waals surface area contributed by atoms with Crippen LogP contribution in [0.1, 0.15) is 28.9 Å². The lowest BCUT2D eigenvalue weighted by atomic mass is 9.90. The Hall–Kier alpha value is -2.66. The number of nitrogens with one attached hydrogen (secondary N) is 1. The average Bonchev–Trinajstić information content (AvgIpc) is 2.53. The third-order valence-corrected chi connectivity index (χ3v) is 3.44. The first-order valence-electron chi connectivity index (χ1n) is 6.79. The summed E-state index contributed by atoms with van der Waals surface area (Å²) in [4.78, 5) is 23.6. The Morgan fingerprint density at radius 2 is 1.50 bits per heavy atom. The monoisotopic (exact) mass is 299 g/mol. The first-order chi connectivity index (χ1) is 10.4. The molecule has 5 heteroatoms. The summed E-state index contributed by atoms with van der Waals surface area (Å²) in [5.41, 5.74) is -1.23. The van der Waals surface area contributed by atoms with Crippen molar-refractivity contribution in [3.8, 4) is 0 Å². The Morgan fingerprint density at radius 3 is 2.00 bits per heavy atom. The van der Waals surface area contributed by atoms with Crippen molar-refractivity contribution in [2.24, 2.45) is 0 Å². The predicted octanol–water partition coefficient (Wildman–Crippen LogP) is 1.99. The molecular weight excluding hydrogens is 282 g/mol. The lowest BCUT2D eigenvalue weighted by molar-refractivity contribution is -0.159. The van der Waals surface area contributed by atoms with Gasteiger partial charge in [-0.05, 0) is 24.6 Å². The largest absolute Gasteiger partial charge is 0.479 e.